The van der Waals surface area contributed by atoms with Gasteiger partial charge in [-0.3, -0.25) is 4.79 Å². The van der Waals surface area contributed by atoms with E-state index >= 15 is 0 Å². The number of benzene rings is 2. The molecule has 5 rings (SSSR count). The summed E-state index contributed by atoms with van der Waals surface area (Å²) in [5.74, 6) is -0.0741. The highest BCUT2D eigenvalue weighted by molar-refractivity contribution is 7.89. The van der Waals surface area contributed by atoms with E-state index in [1.165, 1.54) is 0 Å². The van der Waals surface area contributed by atoms with Gasteiger partial charge in [0.05, 0.1) is 16.1 Å². The number of anilines is 2. The van der Waals surface area contributed by atoms with Gasteiger partial charge in [0.25, 0.3) is 15.9 Å². The molecule has 0 unspecified atom stereocenters. The number of aromatic nitrogens is 2. The molecule has 0 aliphatic carbocycles. The van der Waals surface area contributed by atoms with Gasteiger partial charge < -0.3 is 20.4 Å². The summed E-state index contributed by atoms with van der Waals surface area (Å²) in [5.41, 5.74) is 2.15. The standard InChI is InChI=1S/C25H30N6O3S/c1-25(2)22-21(17-26-25)23(28-31(22)35(33,34)20-7-5-4-6-8-20)27-24(32)18-9-11-19(12-10-18)30-15-13-29(3)14-16-30/h4-12,26H,13-17H2,1-3H3,(H,27,28,32). The summed E-state index contributed by atoms with van der Waals surface area (Å²) in [6.45, 7) is 8.12. The molecule has 2 aliphatic heterocycles. The molecule has 0 bridgehead atoms. The fourth-order valence-electron chi connectivity index (χ4n) is 4.64. The van der Waals surface area contributed by atoms with Gasteiger partial charge in [-0.2, -0.15) is 12.5 Å². The molecule has 0 saturated carbocycles. The van der Waals surface area contributed by atoms with Crippen LogP contribution in [0.5, 0.6) is 0 Å². The quantitative estimate of drug-likeness (QED) is 0.562. The Morgan fingerprint density at radius 1 is 1.00 bits per heavy atom. The van der Waals surface area contributed by atoms with Gasteiger partial charge in [0.2, 0.25) is 0 Å². The van der Waals surface area contributed by atoms with Gasteiger partial charge in [0.15, 0.2) is 5.82 Å². The van der Waals surface area contributed by atoms with Gasteiger partial charge in [-0.25, -0.2) is 0 Å². The number of piperazine rings is 1. The average Bonchev–Trinajstić information content (AvgIpc) is 3.38. The predicted molar refractivity (Wildman–Crippen MR) is 135 cm³/mol. The van der Waals surface area contributed by atoms with Gasteiger partial charge >= 0.3 is 0 Å². The highest BCUT2D eigenvalue weighted by Gasteiger charge is 2.40. The fraction of sp³-hybridized carbons (Fsp3) is 0.360. The molecule has 9 nitrogen and oxygen atoms in total. The van der Waals surface area contributed by atoms with Gasteiger partial charge in [-0.15, -0.1) is 5.10 Å². The Hall–Kier alpha value is -3.21. The Kier molecular flexibility index (Phi) is 5.90. The predicted octanol–water partition coefficient (Wildman–Crippen LogP) is 2.46. The third-order valence-corrected chi connectivity index (χ3v) is 8.34. The van der Waals surface area contributed by atoms with E-state index in [0.29, 0.717) is 23.4 Å². The van der Waals surface area contributed by atoms with E-state index in [-0.39, 0.29) is 16.6 Å². The maximum absolute atomic E-state index is 13.4. The summed E-state index contributed by atoms with van der Waals surface area (Å²) in [5, 5.41) is 10.6. The number of hydrogen-bond donors (Lipinski definition) is 2. The maximum Gasteiger partial charge on any atom is 0.283 e. The number of carbonyl (C=O) groups is 1. The number of fused-ring (bicyclic) bond motifs is 1. The van der Waals surface area contributed by atoms with Crippen LogP contribution in [0.2, 0.25) is 0 Å². The summed E-state index contributed by atoms with van der Waals surface area (Å²) >= 11 is 0. The van der Waals surface area contributed by atoms with Crippen LogP contribution in [0.4, 0.5) is 11.5 Å². The highest BCUT2D eigenvalue weighted by atomic mass is 32.2. The minimum absolute atomic E-state index is 0.144. The van der Waals surface area contributed by atoms with E-state index in [0.717, 1.165) is 36.0 Å². The summed E-state index contributed by atoms with van der Waals surface area (Å²) in [7, 11) is -1.82. The molecule has 3 heterocycles. The van der Waals surface area contributed by atoms with Gasteiger partial charge in [0.1, 0.15) is 0 Å². The Morgan fingerprint density at radius 2 is 1.66 bits per heavy atom. The molecule has 35 heavy (non-hydrogen) atoms. The second-order valence-electron chi connectivity index (χ2n) is 9.61. The maximum atomic E-state index is 13.4. The molecule has 2 aromatic carbocycles. The van der Waals surface area contributed by atoms with Crippen LogP contribution in [-0.4, -0.2) is 61.6 Å². The number of likely N-dealkylation sites (N-methyl/N-ethyl adjacent to an activating group) is 1. The second kappa shape index (κ2) is 8.78. The lowest BCUT2D eigenvalue weighted by molar-refractivity contribution is 0.102. The molecule has 3 aromatic rings. The third kappa shape index (κ3) is 4.33. The summed E-state index contributed by atoms with van der Waals surface area (Å²) in [6, 6.07) is 15.7. The number of nitrogens with one attached hydrogen (secondary N) is 2. The van der Waals surface area contributed by atoms with Crippen molar-refractivity contribution in [3.63, 3.8) is 0 Å². The first-order chi connectivity index (χ1) is 16.7. The molecule has 0 radical (unpaired) electrons. The molecule has 1 amide bonds. The smallest absolute Gasteiger partial charge is 0.283 e. The van der Waals surface area contributed by atoms with Crippen LogP contribution < -0.4 is 15.5 Å². The summed E-state index contributed by atoms with van der Waals surface area (Å²) in [4.78, 5) is 17.8. The number of rotatable bonds is 5. The number of amides is 1. The van der Waals surface area contributed by atoms with E-state index in [9.17, 15) is 13.2 Å². The average molecular weight is 495 g/mol. The first-order valence-electron chi connectivity index (χ1n) is 11.7. The van der Waals surface area contributed by atoms with Gasteiger partial charge in [-0.05, 0) is 57.3 Å². The van der Waals surface area contributed by atoms with Crippen LogP contribution in [0, 0.1) is 0 Å². The third-order valence-electron chi connectivity index (χ3n) is 6.75. The Morgan fingerprint density at radius 3 is 2.31 bits per heavy atom. The van der Waals surface area contributed by atoms with Crippen molar-refractivity contribution in [3.8, 4) is 0 Å². The topological polar surface area (TPSA) is 99.6 Å². The van der Waals surface area contributed by atoms with Crippen LogP contribution in [0.15, 0.2) is 59.5 Å². The van der Waals surface area contributed by atoms with Crippen LogP contribution >= 0.6 is 0 Å². The highest BCUT2D eigenvalue weighted by Crippen LogP contribution is 2.37. The molecular weight excluding hydrogens is 464 g/mol. The first-order valence-corrected chi connectivity index (χ1v) is 13.1. The Labute approximate surface area is 205 Å². The fourth-order valence-corrected chi connectivity index (χ4v) is 6.11. The van der Waals surface area contributed by atoms with Crippen molar-refractivity contribution in [2.24, 2.45) is 0 Å². The zero-order valence-electron chi connectivity index (χ0n) is 20.2. The molecule has 184 valence electrons. The molecule has 10 heteroatoms. The van der Waals surface area contributed by atoms with Gasteiger partial charge in [-0.1, -0.05) is 18.2 Å². The Balaban J connectivity index is 1.42. The number of hydrogen-bond acceptors (Lipinski definition) is 7. The van der Waals surface area contributed by atoms with Crippen molar-refractivity contribution in [2.45, 2.75) is 30.8 Å². The lowest BCUT2D eigenvalue weighted by Gasteiger charge is -2.34. The summed E-state index contributed by atoms with van der Waals surface area (Å²) in [6.07, 6.45) is 0. The molecule has 0 atom stereocenters. The minimum Gasteiger partial charge on any atom is -0.369 e. The van der Waals surface area contributed by atoms with Crippen LogP contribution in [0.25, 0.3) is 0 Å². The molecule has 1 saturated heterocycles. The van der Waals surface area contributed by atoms with Gasteiger partial charge in [0, 0.05) is 49.5 Å². The molecular formula is C25H30N6O3S. The van der Waals surface area contributed by atoms with E-state index in [2.05, 4.69) is 32.6 Å². The number of nitrogens with zero attached hydrogens (tertiary/aromatic N) is 4. The van der Waals surface area contributed by atoms with Crippen molar-refractivity contribution in [3.05, 3.63) is 71.4 Å². The Bertz CT molecular complexity index is 1340. The normalized spacial score (nSPS) is 17.9. The molecule has 1 aromatic heterocycles. The van der Waals surface area contributed by atoms with Crippen molar-refractivity contribution < 1.29 is 13.2 Å². The monoisotopic (exact) mass is 494 g/mol. The van der Waals surface area contributed by atoms with E-state index in [1.54, 1.807) is 42.5 Å². The first kappa shape index (κ1) is 23.5. The van der Waals surface area contributed by atoms with Crippen LogP contribution in [0.1, 0.15) is 35.5 Å². The van der Waals surface area contributed by atoms with Crippen molar-refractivity contribution in [1.29, 1.82) is 0 Å². The van der Waals surface area contributed by atoms with Crippen LogP contribution in [-0.2, 0) is 22.1 Å². The molecule has 2 aliphatic rings. The summed E-state index contributed by atoms with van der Waals surface area (Å²) < 4.78 is 27.9. The lowest BCUT2D eigenvalue weighted by atomic mass is 10.0. The minimum atomic E-state index is -3.93. The number of carbonyl (C=O) groups excluding carboxylic acids is 1. The lowest BCUT2D eigenvalue weighted by Crippen LogP contribution is -2.44. The van der Waals surface area contributed by atoms with Crippen molar-refractivity contribution in [1.82, 2.24) is 19.4 Å². The SMILES string of the molecule is CN1CCN(c2ccc(C(=O)Nc3nn(S(=O)(=O)c4ccccc4)c4c3CNC4(C)C)cc2)CC1. The zero-order chi connectivity index (χ0) is 24.8. The second-order valence-corrected chi connectivity index (χ2v) is 11.4. The molecule has 0 spiro atoms. The van der Waals surface area contributed by atoms with Crippen LogP contribution in [0.3, 0.4) is 0 Å². The largest absolute Gasteiger partial charge is 0.369 e. The van der Waals surface area contributed by atoms with E-state index < -0.39 is 15.6 Å². The van der Waals surface area contributed by atoms with E-state index in [1.807, 2.05) is 26.0 Å². The van der Waals surface area contributed by atoms with Crippen molar-refractivity contribution in [2.75, 3.05) is 43.4 Å². The van der Waals surface area contributed by atoms with E-state index in [4.69, 9.17) is 0 Å². The molecule has 2 N–H and O–H groups in total. The molecule has 1 fully saturated rings. The zero-order valence-corrected chi connectivity index (χ0v) is 21.0. The van der Waals surface area contributed by atoms with Crippen molar-refractivity contribution >= 4 is 27.4 Å².